The zero-order valence-electron chi connectivity index (χ0n) is 17.7. The van der Waals surface area contributed by atoms with Gasteiger partial charge in [-0.25, -0.2) is 0 Å². The summed E-state index contributed by atoms with van der Waals surface area (Å²) in [6.07, 6.45) is 4.71. The molecular formula is C23H28N4O2S. The second-order valence-electron chi connectivity index (χ2n) is 7.02. The molecule has 0 amide bonds. The van der Waals surface area contributed by atoms with E-state index in [9.17, 15) is 0 Å². The number of H-pyrrole nitrogens is 1. The first-order valence-corrected chi connectivity index (χ1v) is 10.7. The van der Waals surface area contributed by atoms with Crippen molar-refractivity contribution in [1.82, 2.24) is 14.9 Å². The lowest BCUT2D eigenvalue weighted by Gasteiger charge is -2.13. The van der Waals surface area contributed by atoms with Gasteiger partial charge >= 0.3 is 0 Å². The van der Waals surface area contributed by atoms with E-state index in [1.54, 1.807) is 10.9 Å². The summed E-state index contributed by atoms with van der Waals surface area (Å²) >= 11 is 5.30. The Kier molecular flexibility index (Phi) is 7.79. The maximum atomic E-state index is 6.01. The fraction of sp³-hybridized carbons (Fsp3) is 0.348. The van der Waals surface area contributed by atoms with Crippen LogP contribution in [0.2, 0.25) is 0 Å². The first-order chi connectivity index (χ1) is 14.6. The summed E-state index contributed by atoms with van der Waals surface area (Å²) in [4.78, 5) is 0. The highest BCUT2D eigenvalue weighted by Gasteiger charge is 2.08. The van der Waals surface area contributed by atoms with Crippen LogP contribution in [0.4, 0.5) is 0 Å². The predicted octanol–water partition coefficient (Wildman–Crippen LogP) is 5.45. The number of unbranched alkanes of at least 4 members (excludes halogenated alkanes) is 1. The summed E-state index contributed by atoms with van der Waals surface area (Å²) in [5.41, 5.74) is 3.23. The number of nitrogens with one attached hydrogen (secondary N) is 1. The number of aromatic amines is 1. The fourth-order valence-corrected chi connectivity index (χ4v) is 3.22. The highest BCUT2D eigenvalue weighted by molar-refractivity contribution is 7.71. The average Bonchev–Trinajstić information content (AvgIpc) is 3.09. The summed E-state index contributed by atoms with van der Waals surface area (Å²) in [7, 11) is 0. The molecule has 3 rings (SSSR count). The molecule has 0 aliphatic rings. The van der Waals surface area contributed by atoms with Gasteiger partial charge in [0, 0.05) is 6.42 Å². The maximum Gasteiger partial charge on any atom is 0.216 e. The number of nitrogens with zero attached hydrogens (tertiary/aromatic N) is 3. The van der Waals surface area contributed by atoms with Crippen molar-refractivity contribution in [2.75, 3.05) is 6.61 Å². The van der Waals surface area contributed by atoms with Gasteiger partial charge in [-0.15, -0.1) is 0 Å². The van der Waals surface area contributed by atoms with Gasteiger partial charge < -0.3 is 9.47 Å². The van der Waals surface area contributed by atoms with Crippen molar-refractivity contribution in [2.24, 2.45) is 5.10 Å². The second kappa shape index (κ2) is 10.7. The molecule has 1 N–H and O–H groups in total. The number of rotatable bonds is 10. The van der Waals surface area contributed by atoms with Gasteiger partial charge in [0.05, 0.1) is 12.8 Å². The Balaban J connectivity index is 1.77. The lowest BCUT2D eigenvalue weighted by atomic mass is 10.1. The van der Waals surface area contributed by atoms with Crippen LogP contribution in [-0.4, -0.2) is 27.7 Å². The van der Waals surface area contributed by atoms with E-state index in [2.05, 4.69) is 47.3 Å². The average molecular weight is 425 g/mol. The number of aryl methyl sites for hydroxylation is 2. The smallest absolute Gasteiger partial charge is 0.216 e. The van der Waals surface area contributed by atoms with Gasteiger partial charge in [0.25, 0.3) is 0 Å². The van der Waals surface area contributed by atoms with E-state index < -0.39 is 0 Å². The Morgan fingerprint density at radius 3 is 2.77 bits per heavy atom. The molecule has 0 saturated carbocycles. The van der Waals surface area contributed by atoms with Crippen LogP contribution in [0.3, 0.4) is 0 Å². The van der Waals surface area contributed by atoms with Crippen molar-refractivity contribution >= 4 is 18.4 Å². The highest BCUT2D eigenvalue weighted by Crippen LogP contribution is 2.29. The summed E-state index contributed by atoms with van der Waals surface area (Å²) in [5, 5.41) is 11.6. The topological polar surface area (TPSA) is 64.4 Å². The van der Waals surface area contributed by atoms with E-state index in [0.717, 1.165) is 36.2 Å². The van der Waals surface area contributed by atoms with Crippen LogP contribution in [-0.2, 0) is 13.0 Å². The van der Waals surface area contributed by atoms with Crippen molar-refractivity contribution in [1.29, 1.82) is 0 Å². The molecule has 0 bridgehead atoms. The van der Waals surface area contributed by atoms with E-state index in [1.807, 2.05) is 31.2 Å². The third kappa shape index (κ3) is 5.79. The Hall–Kier alpha value is -2.93. The van der Waals surface area contributed by atoms with Crippen LogP contribution in [0, 0.1) is 11.7 Å². The lowest BCUT2D eigenvalue weighted by molar-refractivity contribution is 0.269. The Labute approximate surface area is 182 Å². The summed E-state index contributed by atoms with van der Waals surface area (Å²) < 4.78 is 14.0. The number of benzene rings is 2. The van der Waals surface area contributed by atoms with E-state index in [1.165, 1.54) is 5.56 Å². The molecule has 0 saturated heterocycles. The minimum Gasteiger partial charge on any atom is -0.490 e. The monoisotopic (exact) mass is 424 g/mol. The maximum absolute atomic E-state index is 6.01. The van der Waals surface area contributed by atoms with Crippen molar-refractivity contribution in [3.63, 3.8) is 0 Å². The van der Waals surface area contributed by atoms with E-state index in [-0.39, 0.29) is 0 Å². The number of hydrogen-bond donors (Lipinski definition) is 1. The number of aromatic nitrogens is 3. The standard InChI is InChI=1S/C23H28N4O2S/c1-4-6-10-22-25-26-23(30)27(22)24-15-18-11-12-20(21(14-18)28-5-2)29-16-19-9-7-8-17(3)13-19/h7-9,11-15H,4-6,10,16H2,1-3H3,(H,26,30)/b24-15+. The quantitative estimate of drug-likeness (QED) is 0.347. The largest absolute Gasteiger partial charge is 0.490 e. The molecular weight excluding hydrogens is 396 g/mol. The molecule has 0 aliphatic carbocycles. The molecule has 0 radical (unpaired) electrons. The van der Waals surface area contributed by atoms with Gasteiger partial charge in [-0.05, 0) is 61.8 Å². The predicted molar refractivity (Wildman–Crippen MR) is 122 cm³/mol. The molecule has 7 heteroatoms. The Morgan fingerprint density at radius 2 is 2.00 bits per heavy atom. The van der Waals surface area contributed by atoms with Gasteiger partial charge in [-0.2, -0.15) is 14.9 Å². The molecule has 1 aromatic heterocycles. The fourth-order valence-electron chi connectivity index (χ4n) is 3.02. The molecule has 0 unspecified atom stereocenters. The third-order valence-electron chi connectivity index (χ3n) is 4.54. The minimum absolute atomic E-state index is 0.486. The van der Waals surface area contributed by atoms with Crippen LogP contribution in [0.25, 0.3) is 0 Å². The molecule has 2 aromatic carbocycles. The van der Waals surface area contributed by atoms with Crippen molar-refractivity contribution in [3.8, 4) is 11.5 Å². The minimum atomic E-state index is 0.486. The molecule has 0 fully saturated rings. The molecule has 0 atom stereocenters. The van der Waals surface area contributed by atoms with E-state index in [4.69, 9.17) is 21.7 Å². The normalized spacial score (nSPS) is 11.2. The van der Waals surface area contributed by atoms with Gasteiger partial charge in [-0.1, -0.05) is 43.2 Å². The number of ether oxygens (including phenoxy) is 2. The second-order valence-corrected chi connectivity index (χ2v) is 7.41. The van der Waals surface area contributed by atoms with E-state index in [0.29, 0.717) is 29.5 Å². The van der Waals surface area contributed by atoms with Gasteiger partial charge in [-0.3, -0.25) is 5.10 Å². The molecule has 3 aromatic rings. The zero-order chi connectivity index (χ0) is 21.3. The molecule has 6 nitrogen and oxygen atoms in total. The summed E-state index contributed by atoms with van der Waals surface area (Å²) in [6.45, 7) is 7.21. The van der Waals surface area contributed by atoms with Crippen molar-refractivity contribution in [2.45, 2.75) is 46.6 Å². The SMILES string of the molecule is CCCCc1n[nH]c(=S)n1/N=C/c1ccc(OCc2cccc(C)c2)c(OCC)c1. The van der Waals surface area contributed by atoms with Crippen LogP contribution >= 0.6 is 12.2 Å². The first-order valence-electron chi connectivity index (χ1n) is 10.3. The molecule has 158 valence electrons. The molecule has 0 aliphatic heterocycles. The van der Waals surface area contributed by atoms with E-state index >= 15 is 0 Å². The lowest BCUT2D eigenvalue weighted by Crippen LogP contribution is -2.01. The first kappa shape index (κ1) is 21.8. The molecule has 30 heavy (non-hydrogen) atoms. The molecule has 0 spiro atoms. The van der Waals surface area contributed by atoms with Crippen LogP contribution in [0.1, 0.15) is 49.2 Å². The Bertz CT molecular complexity index is 1060. The molecule has 1 heterocycles. The number of hydrogen-bond acceptors (Lipinski definition) is 5. The van der Waals surface area contributed by atoms with Gasteiger partial charge in [0.15, 0.2) is 17.3 Å². The van der Waals surface area contributed by atoms with Gasteiger partial charge in [0.2, 0.25) is 4.77 Å². The van der Waals surface area contributed by atoms with Crippen molar-refractivity contribution in [3.05, 3.63) is 69.8 Å². The zero-order valence-corrected chi connectivity index (χ0v) is 18.5. The highest BCUT2D eigenvalue weighted by atomic mass is 32.1. The summed E-state index contributed by atoms with van der Waals surface area (Å²) in [6, 6.07) is 14.1. The summed E-state index contributed by atoms with van der Waals surface area (Å²) in [5.74, 6) is 2.23. The van der Waals surface area contributed by atoms with Crippen LogP contribution < -0.4 is 9.47 Å². The van der Waals surface area contributed by atoms with Gasteiger partial charge in [0.1, 0.15) is 6.61 Å². The van der Waals surface area contributed by atoms with Crippen LogP contribution in [0.15, 0.2) is 47.6 Å². The van der Waals surface area contributed by atoms with Crippen molar-refractivity contribution < 1.29 is 9.47 Å². The van der Waals surface area contributed by atoms with Crippen LogP contribution in [0.5, 0.6) is 11.5 Å². The Morgan fingerprint density at radius 1 is 1.13 bits per heavy atom. The third-order valence-corrected chi connectivity index (χ3v) is 4.80.